The van der Waals surface area contributed by atoms with Gasteiger partial charge in [-0.05, 0) is 41.8 Å². The summed E-state index contributed by atoms with van der Waals surface area (Å²) in [6.45, 7) is 4.20. The Labute approximate surface area is 241 Å². The van der Waals surface area contributed by atoms with Gasteiger partial charge in [0, 0.05) is 39.6 Å². The van der Waals surface area contributed by atoms with Crippen LogP contribution in [0.4, 0.5) is 0 Å². The first kappa shape index (κ1) is 29.3. The van der Waals surface area contributed by atoms with Gasteiger partial charge in [-0.2, -0.15) is 0 Å². The second kappa shape index (κ2) is 14.1. The SMILES string of the molecule is CC(C)CNC(=O)[C@H](Cc1ccccc1)N(Cc1c(Cl)cccc1Cl)C(=O)COc1ccc(Br)cc1Cl. The Morgan fingerprint density at radius 1 is 0.946 bits per heavy atom. The summed E-state index contributed by atoms with van der Waals surface area (Å²) in [4.78, 5) is 28.6. The molecule has 2 amide bonds. The fourth-order valence-corrected chi connectivity index (χ4v) is 4.89. The summed E-state index contributed by atoms with van der Waals surface area (Å²) in [7, 11) is 0. The lowest BCUT2D eigenvalue weighted by molar-refractivity contribution is -0.142. The van der Waals surface area contributed by atoms with E-state index in [4.69, 9.17) is 39.5 Å². The van der Waals surface area contributed by atoms with E-state index in [1.807, 2.05) is 44.2 Å². The summed E-state index contributed by atoms with van der Waals surface area (Å²) in [5.74, 6) is -0.0736. The molecule has 0 aliphatic carbocycles. The molecule has 1 N–H and O–H groups in total. The molecule has 196 valence electrons. The Morgan fingerprint density at radius 2 is 1.62 bits per heavy atom. The molecule has 0 radical (unpaired) electrons. The summed E-state index contributed by atoms with van der Waals surface area (Å²) in [6.07, 6.45) is 0.303. The van der Waals surface area contributed by atoms with Crippen LogP contribution in [0.15, 0.2) is 71.2 Å². The van der Waals surface area contributed by atoms with Gasteiger partial charge in [0.05, 0.1) is 5.02 Å². The van der Waals surface area contributed by atoms with Gasteiger partial charge in [-0.25, -0.2) is 0 Å². The minimum absolute atomic E-state index is 0.0291. The molecule has 5 nitrogen and oxygen atoms in total. The van der Waals surface area contributed by atoms with Crippen LogP contribution in [0.5, 0.6) is 5.75 Å². The van der Waals surface area contributed by atoms with Crippen molar-refractivity contribution in [2.75, 3.05) is 13.2 Å². The molecular weight excluding hydrogens is 599 g/mol. The van der Waals surface area contributed by atoms with E-state index in [1.165, 1.54) is 4.90 Å². The molecule has 37 heavy (non-hydrogen) atoms. The standard InChI is InChI=1S/C28H28BrCl3N2O3/c1-18(2)15-33-28(36)25(13-19-7-4-3-5-8-19)34(16-21-22(30)9-6-10-23(21)31)27(35)17-37-26-12-11-20(29)14-24(26)32/h3-12,14,18,25H,13,15-17H2,1-2H3,(H,33,36)/t25-/m0/s1. The fraction of sp³-hybridized carbons (Fsp3) is 0.286. The summed E-state index contributed by atoms with van der Waals surface area (Å²) < 4.78 is 6.56. The molecule has 0 aromatic heterocycles. The minimum atomic E-state index is -0.829. The second-order valence-electron chi connectivity index (χ2n) is 8.93. The van der Waals surface area contributed by atoms with E-state index < -0.39 is 11.9 Å². The predicted molar refractivity (Wildman–Crippen MR) is 153 cm³/mol. The van der Waals surface area contributed by atoms with Crippen molar-refractivity contribution in [3.05, 3.63) is 97.4 Å². The highest BCUT2D eigenvalue weighted by Gasteiger charge is 2.31. The Kier molecular flexibility index (Phi) is 11.1. The van der Waals surface area contributed by atoms with Gasteiger partial charge in [0.2, 0.25) is 5.91 Å². The Balaban J connectivity index is 1.96. The molecule has 3 aromatic rings. The monoisotopic (exact) mass is 624 g/mol. The molecule has 0 unspecified atom stereocenters. The maximum absolute atomic E-state index is 13.7. The van der Waals surface area contributed by atoms with E-state index in [1.54, 1.807) is 36.4 Å². The second-order valence-corrected chi connectivity index (χ2v) is 11.1. The van der Waals surface area contributed by atoms with Crippen molar-refractivity contribution < 1.29 is 14.3 Å². The zero-order valence-corrected chi connectivity index (χ0v) is 24.4. The van der Waals surface area contributed by atoms with E-state index in [2.05, 4.69) is 21.2 Å². The van der Waals surface area contributed by atoms with Crippen molar-refractivity contribution in [3.8, 4) is 5.75 Å². The van der Waals surface area contributed by atoms with Crippen LogP contribution in [0.3, 0.4) is 0 Å². The maximum Gasteiger partial charge on any atom is 0.261 e. The number of carbonyl (C=O) groups excluding carboxylic acids is 2. The van der Waals surface area contributed by atoms with Gasteiger partial charge in [0.15, 0.2) is 6.61 Å². The molecule has 1 atom stereocenters. The minimum Gasteiger partial charge on any atom is -0.482 e. The summed E-state index contributed by atoms with van der Waals surface area (Å²) >= 11 is 22.5. The van der Waals surface area contributed by atoms with E-state index >= 15 is 0 Å². The number of amides is 2. The van der Waals surface area contributed by atoms with Crippen molar-refractivity contribution in [1.29, 1.82) is 0 Å². The summed E-state index contributed by atoms with van der Waals surface area (Å²) in [5, 5.41) is 4.15. The molecule has 3 aromatic carbocycles. The van der Waals surface area contributed by atoms with Crippen molar-refractivity contribution in [2.24, 2.45) is 5.92 Å². The van der Waals surface area contributed by atoms with Crippen molar-refractivity contribution in [3.63, 3.8) is 0 Å². The quantitative estimate of drug-likeness (QED) is 0.245. The topological polar surface area (TPSA) is 58.6 Å². The van der Waals surface area contributed by atoms with E-state index in [-0.39, 0.29) is 25.0 Å². The number of halogens is 4. The summed E-state index contributed by atoms with van der Waals surface area (Å²) in [6, 6.07) is 19.0. The number of nitrogens with one attached hydrogen (secondary N) is 1. The number of carbonyl (C=O) groups is 2. The smallest absolute Gasteiger partial charge is 0.261 e. The van der Waals surface area contributed by atoms with Gasteiger partial charge in [-0.1, -0.05) is 101 Å². The Bertz CT molecular complexity index is 1200. The Morgan fingerprint density at radius 3 is 2.24 bits per heavy atom. The molecule has 3 rings (SSSR count). The van der Waals surface area contributed by atoms with Crippen LogP contribution in [-0.2, 0) is 22.6 Å². The fourth-order valence-electron chi connectivity index (χ4n) is 3.64. The lowest BCUT2D eigenvalue weighted by atomic mass is 10.0. The van der Waals surface area contributed by atoms with Gasteiger partial charge in [-0.15, -0.1) is 0 Å². The largest absolute Gasteiger partial charge is 0.482 e. The third kappa shape index (κ3) is 8.64. The van der Waals surface area contributed by atoms with Crippen LogP contribution in [-0.4, -0.2) is 35.9 Å². The number of hydrogen-bond donors (Lipinski definition) is 1. The molecule has 0 heterocycles. The number of hydrogen-bond acceptors (Lipinski definition) is 3. The number of nitrogens with zero attached hydrogens (tertiary/aromatic N) is 1. The van der Waals surface area contributed by atoms with Gasteiger partial charge >= 0.3 is 0 Å². The third-order valence-electron chi connectivity index (χ3n) is 5.59. The average Bonchev–Trinajstić information content (AvgIpc) is 2.86. The van der Waals surface area contributed by atoms with Crippen LogP contribution in [0.25, 0.3) is 0 Å². The van der Waals surface area contributed by atoms with Gasteiger partial charge < -0.3 is 15.0 Å². The third-order valence-corrected chi connectivity index (χ3v) is 7.09. The van der Waals surface area contributed by atoms with Gasteiger partial charge in [0.25, 0.3) is 5.91 Å². The predicted octanol–water partition coefficient (Wildman–Crippen LogP) is 7.20. The van der Waals surface area contributed by atoms with Crippen LogP contribution in [0, 0.1) is 5.92 Å². The first-order valence-electron chi connectivity index (χ1n) is 11.8. The van der Waals surface area contributed by atoms with E-state index in [0.29, 0.717) is 39.3 Å². The molecule has 0 fully saturated rings. The van der Waals surface area contributed by atoms with Crippen LogP contribution >= 0.6 is 50.7 Å². The van der Waals surface area contributed by atoms with Crippen LogP contribution in [0.1, 0.15) is 25.0 Å². The Hall–Kier alpha value is -2.25. The molecular formula is C28H28BrCl3N2O3. The van der Waals surface area contributed by atoms with Crippen LogP contribution < -0.4 is 10.1 Å². The van der Waals surface area contributed by atoms with Gasteiger partial charge in [0.1, 0.15) is 11.8 Å². The highest BCUT2D eigenvalue weighted by molar-refractivity contribution is 9.10. The molecule has 9 heteroatoms. The highest BCUT2D eigenvalue weighted by Crippen LogP contribution is 2.29. The number of benzene rings is 3. The van der Waals surface area contributed by atoms with Crippen molar-refractivity contribution in [1.82, 2.24) is 10.2 Å². The van der Waals surface area contributed by atoms with E-state index in [9.17, 15) is 9.59 Å². The summed E-state index contributed by atoms with van der Waals surface area (Å²) in [5.41, 5.74) is 1.46. The number of ether oxygens (including phenoxy) is 1. The molecule has 0 saturated heterocycles. The van der Waals surface area contributed by atoms with Crippen molar-refractivity contribution >= 4 is 62.5 Å². The van der Waals surface area contributed by atoms with E-state index in [0.717, 1.165) is 10.0 Å². The first-order valence-corrected chi connectivity index (χ1v) is 13.7. The maximum atomic E-state index is 13.7. The highest BCUT2D eigenvalue weighted by atomic mass is 79.9. The van der Waals surface area contributed by atoms with Crippen LogP contribution in [0.2, 0.25) is 15.1 Å². The molecule has 0 aliphatic rings. The normalized spacial score (nSPS) is 11.8. The average molecular weight is 627 g/mol. The zero-order valence-electron chi connectivity index (χ0n) is 20.5. The molecule has 0 saturated carbocycles. The number of rotatable bonds is 11. The molecule has 0 bridgehead atoms. The van der Waals surface area contributed by atoms with Gasteiger partial charge in [-0.3, -0.25) is 9.59 Å². The molecule has 0 aliphatic heterocycles. The lowest BCUT2D eigenvalue weighted by Crippen LogP contribution is -2.52. The van der Waals surface area contributed by atoms with Crippen molar-refractivity contribution in [2.45, 2.75) is 32.9 Å². The zero-order chi connectivity index (χ0) is 26.9. The first-order chi connectivity index (χ1) is 17.7. The lowest BCUT2D eigenvalue weighted by Gasteiger charge is -2.32. The molecule has 0 spiro atoms.